The average Bonchev–Trinajstić information content (AvgIpc) is 3.00. The molecule has 6 nitrogen and oxygen atoms in total. The zero-order valence-corrected chi connectivity index (χ0v) is 12.2. The summed E-state index contributed by atoms with van der Waals surface area (Å²) in [7, 11) is 1.49. The fraction of sp³-hybridized carbons (Fsp3) is 0.467. The lowest BCUT2D eigenvalue weighted by Crippen LogP contribution is -2.33. The molecule has 0 bridgehead atoms. The van der Waals surface area contributed by atoms with Gasteiger partial charge in [0, 0.05) is 31.7 Å². The summed E-state index contributed by atoms with van der Waals surface area (Å²) in [5.41, 5.74) is 6.49. The van der Waals surface area contributed by atoms with Gasteiger partial charge in [-0.3, -0.25) is 9.59 Å². The zero-order chi connectivity index (χ0) is 15.2. The molecule has 1 saturated heterocycles. The number of hydrogen-bond donors (Lipinski definition) is 2. The first-order valence-electron chi connectivity index (χ1n) is 7.12. The lowest BCUT2D eigenvalue weighted by molar-refractivity contribution is -0.129. The molecular formula is C15H21N3O3. The Kier molecular flexibility index (Phi) is 5.03. The molecule has 1 aliphatic heterocycles. The molecule has 21 heavy (non-hydrogen) atoms. The van der Waals surface area contributed by atoms with E-state index < -0.39 is 0 Å². The van der Waals surface area contributed by atoms with Crippen LogP contribution in [0.4, 0.5) is 5.69 Å². The number of amides is 2. The number of rotatable bonds is 5. The summed E-state index contributed by atoms with van der Waals surface area (Å²) in [5, 5.41) is 2.72. The summed E-state index contributed by atoms with van der Waals surface area (Å²) in [6.07, 6.45) is 2.44. The summed E-state index contributed by atoms with van der Waals surface area (Å²) < 4.78 is 5.14. The van der Waals surface area contributed by atoms with Crippen LogP contribution < -0.4 is 15.8 Å². The van der Waals surface area contributed by atoms with Gasteiger partial charge < -0.3 is 20.7 Å². The minimum Gasteiger partial charge on any atom is -0.496 e. The first-order valence-corrected chi connectivity index (χ1v) is 7.12. The second-order valence-electron chi connectivity index (χ2n) is 5.02. The fourth-order valence-corrected chi connectivity index (χ4v) is 2.46. The van der Waals surface area contributed by atoms with Gasteiger partial charge in [-0.2, -0.15) is 0 Å². The molecule has 0 radical (unpaired) electrons. The van der Waals surface area contributed by atoms with Crippen molar-refractivity contribution in [2.45, 2.75) is 19.3 Å². The number of nitrogens with zero attached hydrogens (tertiary/aromatic N) is 1. The van der Waals surface area contributed by atoms with Crippen LogP contribution in [0, 0.1) is 0 Å². The maximum Gasteiger partial charge on any atom is 0.257 e. The molecule has 0 atom stereocenters. The van der Waals surface area contributed by atoms with E-state index in [-0.39, 0.29) is 11.8 Å². The van der Waals surface area contributed by atoms with Crippen LogP contribution in [0.1, 0.15) is 29.6 Å². The van der Waals surface area contributed by atoms with Crippen LogP contribution in [0.3, 0.4) is 0 Å². The van der Waals surface area contributed by atoms with Crippen LogP contribution in [-0.2, 0) is 4.79 Å². The Morgan fingerprint density at radius 3 is 2.71 bits per heavy atom. The average molecular weight is 291 g/mol. The van der Waals surface area contributed by atoms with Gasteiger partial charge in [-0.25, -0.2) is 0 Å². The Hall–Kier alpha value is -2.24. The van der Waals surface area contributed by atoms with Crippen LogP contribution in [0.15, 0.2) is 18.2 Å². The number of ether oxygens (including phenoxy) is 1. The molecule has 3 N–H and O–H groups in total. The van der Waals surface area contributed by atoms with Crippen molar-refractivity contribution in [2.24, 2.45) is 0 Å². The van der Waals surface area contributed by atoms with Crippen LogP contribution >= 0.6 is 0 Å². The second-order valence-corrected chi connectivity index (χ2v) is 5.02. The Labute approximate surface area is 124 Å². The quantitative estimate of drug-likeness (QED) is 0.793. The third kappa shape index (κ3) is 3.65. The molecule has 1 aliphatic rings. The molecule has 0 saturated carbocycles. The molecule has 0 aliphatic carbocycles. The number of nitrogen functional groups attached to an aromatic ring is 1. The number of nitrogens with one attached hydrogen (secondary N) is 1. The summed E-state index contributed by atoms with van der Waals surface area (Å²) in [6, 6.07) is 5.05. The molecule has 1 aromatic carbocycles. The van der Waals surface area contributed by atoms with E-state index in [0.29, 0.717) is 30.0 Å². The third-order valence-electron chi connectivity index (χ3n) is 3.59. The number of anilines is 1. The molecule has 6 heteroatoms. The van der Waals surface area contributed by atoms with E-state index in [9.17, 15) is 9.59 Å². The van der Waals surface area contributed by atoms with Crippen molar-refractivity contribution >= 4 is 17.5 Å². The van der Waals surface area contributed by atoms with Crippen molar-refractivity contribution in [3.05, 3.63) is 23.8 Å². The monoisotopic (exact) mass is 291 g/mol. The summed E-state index contributed by atoms with van der Waals surface area (Å²) >= 11 is 0. The van der Waals surface area contributed by atoms with Gasteiger partial charge in [0.2, 0.25) is 5.91 Å². The van der Waals surface area contributed by atoms with Gasteiger partial charge in [0.05, 0.1) is 7.11 Å². The van der Waals surface area contributed by atoms with Gasteiger partial charge in [-0.1, -0.05) is 6.07 Å². The Morgan fingerprint density at radius 2 is 2.05 bits per heavy atom. The predicted molar refractivity (Wildman–Crippen MR) is 80.2 cm³/mol. The summed E-state index contributed by atoms with van der Waals surface area (Å²) in [5.74, 6) is 0.193. The van der Waals surface area contributed by atoms with E-state index in [2.05, 4.69) is 5.32 Å². The Balaban J connectivity index is 1.89. The topological polar surface area (TPSA) is 84.7 Å². The number of carbonyl (C=O) groups is 2. The van der Waals surface area contributed by atoms with Crippen LogP contribution in [0.2, 0.25) is 0 Å². The minimum atomic E-state index is -0.320. The first-order chi connectivity index (χ1) is 10.1. The molecule has 0 unspecified atom stereocenters. The number of carbonyl (C=O) groups excluding carboxylic acids is 2. The Morgan fingerprint density at radius 1 is 1.33 bits per heavy atom. The van der Waals surface area contributed by atoms with Gasteiger partial charge in [0.1, 0.15) is 11.3 Å². The van der Waals surface area contributed by atoms with E-state index in [0.717, 1.165) is 25.9 Å². The van der Waals surface area contributed by atoms with Gasteiger partial charge >= 0.3 is 0 Å². The van der Waals surface area contributed by atoms with Crippen molar-refractivity contribution in [3.8, 4) is 5.75 Å². The summed E-state index contributed by atoms with van der Waals surface area (Å²) in [6.45, 7) is 1.95. The molecular weight excluding hydrogens is 270 g/mol. The van der Waals surface area contributed by atoms with E-state index in [4.69, 9.17) is 10.5 Å². The maximum atomic E-state index is 12.2. The highest BCUT2D eigenvalue weighted by Gasteiger charge is 2.19. The van der Waals surface area contributed by atoms with Crippen molar-refractivity contribution in [1.29, 1.82) is 0 Å². The van der Waals surface area contributed by atoms with Crippen molar-refractivity contribution in [1.82, 2.24) is 10.2 Å². The number of nitrogens with two attached hydrogens (primary N) is 1. The highest BCUT2D eigenvalue weighted by Crippen LogP contribution is 2.23. The summed E-state index contributed by atoms with van der Waals surface area (Å²) in [4.78, 5) is 25.9. The van der Waals surface area contributed by atoms with Crippen LogP contribution in [0.25, 0.3) is 0 Å². The highest BCUT2D eigenvalue weighted by molar-refractivity contribution is 6.02. The number of methoxy groups -OCH3 is 1. The number of hydrogen-bond acceptors (Lipinski definition) is 4. The lowest BCUT2D eigenvalue weighted by Gasteiger charge is -2.15. The molecule has 114 valence electrons. The lowest BCUT2D eigenvalue weighted by atomic mass is 10.1. The molecule has 1 heterocycles. The van der Waals surface area contributed by atoms with Crippen LogP contribution in [0.5, 0.6) is 5.75 Å². The molecule has 2 amide bonds. The first kappa shape index (κ1) is 15.2. The largest absolute Gasteiger partial charge is 0.496 e. The smallest absolute Gasteiger partial charge is 0.257 e. The van der Waals surface area contributed by atoms with Crippen molar-refractivity contribution in [3.63, 3.8) is 0 Å². The molecule has 2 rings (SSSR count). The van der Waals surface area contributed by atoms with E-state index in [1.54, 1.807) is 18.2 Å². The maximum absolute atomic E-state index is 12.2. The van der Waals surface area contributed by atoms with Gasteiger partial charge in [-0.05, 0) is 25.0 Å². The van der Waals surface area contributed by atoms with Crippen LogP contribution in [-0.4, -0.2) is 43.5 Å². The number of benzene rings is 1. The zero-order valence-electron chi connectivity index (χ0n) is 12.2. The molecule has 1 aromatic rings. The SMILES string of the molecule is COc1cccc(N)c1C(=O)NCCC(=O)N1CCCC1. The Bertz CT molecular complexity index is 525. The van der Waals surface area contributed by atoms with Gasteiger partial charge in [-0.15, -0.1) is 0 Å². The van der Waals surface area contributed by atoms with Crippen molar-refractivity contribution in [2.75, 3.05) is 32.5 Å². The van der Waals surface area contributed by atoms with E-state index >= 15 is 0 Å². The molecule has 1 fully saturated rings. The van der Waals surface area contributed by atoms with Gasteiger partial charge in [0.25, 0.3) is 5.91 Å². The third-order valence-corrected chi connectivity index (χ3v) is 3.59. The normalized spacial score (nSPS) is 14.0. The fourth-order valence-electron chi connectivity index (χ4n) is 2.46. The van der Waals surface area contributed by atoms with Gasteiger partial charge in [0.15, 0.2) is 0 Å². The molecule has 0 spiro atoms. The minimum absolute atomic E-state index is 0.0841. The molecule has 0 aromatic heterocycles. The predicted octanol–water partition coefficient (Wildman–Crippen LogP) is 1.02. The highest BCUT2D eigenvalue weighted by atomic mass is 16.5. The van der Waals surface area contributed by atoms with E-state index in [1.165, 1.54) is 7.11 Å². The van der Waals surface area contributed by atoms with Crippen molar-refractivity contribution < 1.29 is 14.3 Å². The van der Waals surface area contributed by atoms with E-state index in [1.807, 2.05) is 4.90 Å². The standard InChI is InChI=1S/C15H21N3O3/c1-21-12-6-4-5-11(16)14(12)15(20)17-8-7-13(19)18-9-2-3-10-18/h4-6H,2-3,7-10,16H2,1H3,(H,17,20). The number of likely N-dealkylation sites (tertiary alicyclic amines) is 1. The second kappa shape index (κ2) is 6.97.